The third kappa shape index (κ3) is 2.22. The van der Waals surface area contributed by atoms with Crippen LogP contribution >= 0.6 is 0 Å². The van der Waals surface area contributed by atoms with Crippen molar-refractivity contribution in [2.24, 2.45) is 0 Å². The highest BCUT2D eigenvalue weighted by atomic mass is 19.1. The molecule has 17 heavy (non-hydrogen) atoms. The maximum Gasteiger partial charge on any atom is 0.123 e. The summed E-state index contributed by atoms with van der Waals surface area (Å²) in [6, 6.07) is 6.51. The van der Waals surface area contributed by atoms with Gasteiger partial charge in [0.2, 0.25) is 0 Å². The number of hydrogen-bond acceptors (Lipinski definition) is 2. The summed E-state index contributed by atoms with van der Waals surface area (Å²) in [5.41, 5.74) is 2.29. The summed E-state index contributed by atoms with van der Waals surface area (Å²) < 4.78 is 15.0. The Morgan fingerprint density at radius 2 is 2.12 bits per heavy atom. The molecule has 0 fully saturated rings. The Morgan fingerprint density at radius 3 is 2.76 bits per heavy atom. The van der Waals surface area contributed by atoms with Crippen molar-refractivity contribution in [2.45, 2.75) is 26.5 Å². The SMILES string of the molecule is CC(C)n1nccc1-c1ccc(F)cc1CO. The molecule has 1 aromatic carbocycles. The van der Waals surface area contributed by atoms with Gasteiger partial charge in [0.1, 0.15) is 5.82 Å². The molecule has 3 nitrogen and oxygen atoms in total. The van der Waals surface area contributed by atoms with Gasteiger partial charge in [0, 0.05) is 17.8 Å². The number of rotatable bonds is 3. The first-order chi connectivity index (χ1) is 8.13. The van der Waals surface area contributed by atoms with Crippen LogP contribution in [0.15, 0.2) is 30.5 Å². The van der Waals surface area contributed by atoms with Crippen LogP contribution in [-0.2, 0) is 6.61 Å². The van der Waals surface area contributed by atoms with Gasteiger partial charge in [-0.25, -0.2) is 4.39 Å². The van der Waals surface area contributed by atoms with Gasteiger partial charge in [-0.1, -0.05) is 0 Å². The van der Waals surface area contributed by atoms with Crippen molar-refractivity contribution in [3.8, 4) is 11.3 Å². The molecule has 0 atom stereocenters. The smallest absolute Gasteiger partial charge is 0.123 e. The zero-order valence-electron chi connectivity index (χ0n) is 9.89. The first-order valence-electron chi connectivity index (χ1n) is 5.56. The molecule has 90 valence electrons. The van der Waals surface area contributed by atoms with E-state index < -0.39 is 0 Å². The highest BCUT2D eigenvalue weighted by molar-refractivity contribution is 5.63. The van der Waals surface area contributed by atoms with Crippen LogP contribution in [0, 0.1) is 5.82 Å². The number of halogens is 1. The lowest BCUT2D eigenvalue weighted by Gasteiger charge is -2.13. The van der Waals surface area contributed by atoms with Crippen LogP contribution in [0.25, 0.3) is 11.3 Å². The first kappa shape index (κ1) is 11.8. The lowest BCUT2D eigenvalue weighted by molar-refractivity contribution is 0.281. The molecule has 0 spiro atoms. The maximum absolute atomic E-state index is 13.1. The van der Waals surface area contributed by atoms with Crippen molar-refractivity contribution in [3.63, 3.8) is 0 Å². The Labute approximate surface area is 99.5 Å². The van der Waals surface area contributed by atoms with Gasteiger partial charge in [0.15, 0.2) is 0 Å². The molecular weight excluding hydrogens is 219 g/mol. The van der Waals surface area contributed by atoms with Crippen LogP contribution in [0.1, 0.15) is 25.5 Å². The second-order valence-electron chi connectivity index (χ2n) is 4.21. The van der Waals surface area contributed by atoms with E-state index in [9.17, 15) is 9.50 Å². The second kappa shape index (κ2) is 4.67. The molecule has 0 radical (unpaired) electrons. The lowest BCUT2D eigenvalue weighted by atomic mass is 10.0. The highest BCUT2D eigenvalue weighted by Gasteiger charge is 2.12. The normalized spacial score (nSPS) is 11.1. The molecule has 2 rings (SSSR count). The third-order valence-electron chi connectivity index (χ3n) is 2.67. The van der Waals surface area contributed by atoms with Crippen LogP contribution in [0.2, 0.25) is 0 Å². The molecule has 0 unspecified atom stereocenters. The monoisotopic (exact) mass is 234 g/mol. The predicted octanol–water partition coefficient (Wildman–Crippen LogP) is 2.76. The molecule has 0 aliphatic carbocycles. The number of benzene rings is 1. The van der Waals surface area contributed by atoms with Crippen LogP contribution in [-0.4, -0.2) is 14.9 Å². The van der Waals surface area contributed by atoms with E-state index in [2.05, 4.69) is 5.10 Å². The number of nitrogens with zero attached hydrogens (tertiary/aromatic N) is 2. The standard InChI is InChI=1S/C13H15FN2O/c1-9(2)16-13(5-6-15-16)12-4-3-11(14)7-10(12)8-17/h3-7,9,17H,8H2,1-2H3. The maximum atomic E-state index is 13.1. The van der Waals surface area contributed by atoms with Crippen LogP contribution in [0.3, 0.4) is 0 Å². The fourth-order valence-corrected chi connectivity index (χ4v) is 1.88. The van der Waals surface area contributed by atoms with E-state index in [-0.39, 0.29) is 18.5 Å². The Bertz CT molecular complexity index is 520. The molecule has 1 aromatic heterocycles. The van der Waals surface area contributed by atoms with Crippen LogP contribution < -0.4 is 0 Å². The van der Waals surface area contributed by atoms with E-state index in [0.717, 1.165) is 11.3 Å². The van der Waals surface area contributed by atoms with Gasteiger partial charge in [0.05, 0.1) is 12.3 Å². The van der Waals surface area contributed by atoms with E-state index in [0.29, 0.717) is 5.56 Å². The summed E-state index contributed by atoms with van der Waals surface area (Å²) in [4.78, 5) is 0. The Balaban J connectivity index is 2.56. The van der Waals surface area contributed by atoms with Crippen molar-refractivity contribution in [3.05, 3.63) is 41.8 Å². The van der Waals surface area contributed by atoms with Gasteiger partial charge in [-0.15, -0.1) is 0 Å². The zero-order chi connectivity index (χ0) is 12.4. The van der Waals surface area contributed by atoms with Gasteiger partial charge in [-0.05, 0) is 43.7 Å². The molecule has 0 amide bonds. The van der Waals surface area contributed by atoms with Gasteiger partial charge in [-0.3, -0.25) is 4.68 Å². The summed E-state index contributed by atoms with van der Waals surface area (Å²) in [6.07, 6.45) is 1.71. The van der Waals surface area contributed by atoms with Crippen molar-refractivity contribution >= 4 is 0 Å². The Hall–Kier alpha value is -1.68. The molecule has 0 bridgehead atoms. The van der Waals surface area contributed by atoms with Crippen LogP contribution in [0.4, 0.5) is 4.39 Å². The molecule has 1 N–H and O–H groups in total. The highest BCUT2D eigenvalue weighted by Crippen LogP contribution is 2.26. The minimum absolute atomic E-state index is 0.184. The number of hydrogen-bond donors (Lipinski definition) is 1. The largest absolute Gasteiger partial charge is 0.392 e. The molecule has 0 aliphatic heterocycles. The number of aliphatic hydroxyl groups excluding tert-OH is 1. The first-order valence-corrected chi connectivity index (χ1v) is 5.56. The fourth-order valence-electron chi connectivity index (χ4n) is 1.88. The van der Waals surface area contributed by atoms with Crippen molar-refractivity contribution < 1.29 is 9.50 Å². The minimum atomic E-state index is -0.339. The summed E-state index contributed by atoms with van der Waals surface area (Å²) in [5, 5.41) is 13.5. The summed E-state index contributed by atoms with van der Waals surface area (Å²) in [6.45, 7) is 3.87. The third-order valence-corrected chi connectivity index (χ3v) is 2.67. The predicted molar refractivity (Wildman–Crippen MR) is 63.9 cm³/mol. The van der Waals surface area contributed by atoms with Gasteiger partial charge in [-0.2, -0.15) is 5.10 Å². The van der Waals surface area contributed by atoms with Crippen molar-refractivity contribution in [2.75, 3.05) is 0 Å². The van der Waals surface area contributed by atoms with E-state index in [1.165, 1.54) is 12.1 Å². The summed E-state index contributed by atoms with van der Waals surface area (Å²) in [7, 11) is 0. The molecule has 0 aliphatic rings. The van der Waals surface area contributed by atoms with E-state index in [1.807, 2.05) is 24.6 Å². The minimum Gasteiger partial charge on any atom is -0.392 e. The lowest BCUT2D eigenvalue weighted by Crippen LogP contribution is -2.05. The average Bonchev–Trinajstić information content (AvgIpc) is 2.77. The van der Waals surface area contributed by atoms with Crippen LogP contribution in [0.5, 0.6) is 0 Å². The van der Waals surface area contributed by atoms with Gasteiger partial charge < -0.3 is 5.11 Å². The Morgan fingerprint density at radius 1 is 1.35 bits per heavy atom. The molecule has 2 aromatic rings. The summed E-state index contributed by atoms with van der Waals surface area (Å²) in [5.74, 6) is -0.339. The van der Waals surface area contributed by atoms with Crippen molar-refractivity contribution in [1.29, 1.82) is 0 Å². The molecule has 0 saturated heterocycles. The fraction of sp³-hybridized carbons (Fsp3) is 0.308. The topological polar surface area (TPSA) is 38.0 Å². The quantitative estimate of drug-likeness (QED) is 0.886. The number of aliphatic hydroxyl groups is 1. The van der Waals surface area contributed by atoms with E-state index >= 15 is 0 Å². The molecule has 4 heteroatoms. The van der Waals surface area contributed by atoms with Gasteiger partial charge >= 0.3 is 0 Å². The number of aromatic nitrogens is 2. The van der Waals surface area contributed by atoms with Gasteiger partial charge in [0.25, 0.3) is 0 Å². The average molecular weight is 234 g/mol. The second-order valence-corrected chi connectivity index (χ2v) is 4.21. The summed E-state index contributed by atoms with van der Waals surface area (Å²) >= 11 is 0. The zero-order valence-corrected chi connectivity index (χ0v) is 9.89. The van der Waals surface area contributed by atoms with E-state index in [1.54, 1.807) is 12.3 Å². The van der Waals surface area contributed by atoms with Crippen molar-refractivity contribution in [1.82, 2.24) is 9.78 Å². The van der Waals surface area contributed by atoms with E-state index in [4.69, 9.17) is 0 Å². The molecular formula is C13H15FN2O. The molecule has 1 heterocycles. The Kier molecular flexibility index (Phi) is 3.24. The molecule has 0 saturated carbocycles.